The second-order valence-electron chi connectivity index (χ2n) is 6.03. The van der Waals surface area contributed by atoms with Crippen molar-refractivity contribution in [2.24, 2.45) is 5.92 Å². The maximum absolute atomic E-state index is 12.7. The third-order valence-corrected chi connectivity index (χ3v) is 3.82. The number of methoxy groups -OCH3 is 1. The zero-order valence-corrected chi connectivity index (χ0v) is 13.8. The number of anilines is 1. The van der Waals surface area contributed by atoms with Gasteiger partial charge in [0.15, 0.2) is 6.10 Å². The number of ether oxygens (including phenoxy) is 2. The van der Waals surface area contributed by atoms with Crippen LogP contribution in [0.4, 0.5) is 5.69 Å². The Balaban J connectivity index is 2.41. The lowest BCUT2D eigenvalue weighted by Gasteiger charge is -2.37. The van der Waals surface area contributed by atoms with E-state index in [1.807, 2.05) is 39.8 Å². The number of benzene rings is 1. The molecule has 5 nitrogen and oxygen atoms in total. The molecular weight excluding hydrogens is 282 g/mol. The first-order chi connectivity index (χ1) is 10.3. The van der Waals surface area contributed by atoms with Crippen molar-refractivity contribution in [2.75, 3.05) is 18.6 Å². The Morgan fingerprint density at radius 1 is 1.36 bits per heavy atom. The van der Waals surface area contributed by atoms with Crippen LogP contribution in [0.25, 0.3) is 0 Å². The molecule has 22 heavy (non-hydrogen) atoms. The van der Waals surface area contributed by atoms with Crippen molar-refractivity contribution in [3.05, 3.63) is 23.3 Å². The predicted molar refractivity (Wildman–Crippen MR) is 84.2 cm³/mol. The normalized spacial score (nSPS) is 17.3. The van der Waals surface area contributed by atoms with Crippen molar-refractivity contribution in [3.63, 3.8) is 0 Å². The Kier molecular flexibility index (Phi) is 4.74. The summed E-state index contributed by atoms with van der Waals surface area (Å²) in [5.74, 6) is 0.360. The first-order valence-electron chi connectivity index (χ1n) is 7.51. The molecular formula is C17H23NO4. The molecule has 0 saturated heterocycles. The Labute approximate surface area is 131 Å². The molecule has 1 aliphatic heterocycles. The first-order valence-corrected chi connectivity index (χ1v) is 7.51. The monoisotopic (exact) mass is 305 g/mol. The molecule has 1 atom stereocenters. The first kappa shape index (κ1) is 16.3. The fourth-order valence-corrected chi connectivity index (χ4v) is 2.69. The van der Waals surface area contributed by atoms with Crippen LogP contribution in [0.2, 0.25) is 0 Å². The van der Waals surface area contributed by atoms with Gasteiger partial charge in [0.2, 0.25) is 0 Å². The SMILES string of the molecule is COC(=O)CCN1C(=O)C(C(C)C)Oc2c(C)cc(C)cc21. The molecule has 120 valence electrons. The zero-order chi connectivity index (χ0) is 16.4. The molecule has 2 rings (SSSR count). The van der Waals surface area contributed by atoms with Gasteiger partial charge in [0.25, 0.3) is 5.91 Å². The van der Waals surface area contributed by atoms with E-state index in [0.29, 0.717) is 6.54 Å². The minimum atomic E-state index is -0.522. The molecule has 0 aromatic heterocycles. The number of aryl methyl sites for hydroxylation is 2. The maximum atomic E-state index is 12.7. The maximum Gasteiger partial charge on any atom is 0.307 e. The lowest BCUT2D eigenvalue weighted by Crippen LogP contribution is -2.49. The molecule has 0 fully saturated rings. The number of rotatable bonds is 4. The van der Waals surface area contributed by atoms with Crippen molar-refractivity contribution in [1.82, 2.24) is 0 Å². The smallest absolute Gasteiger partial charge is 0.307 e. The average Bonchev–Trinajstić information content (AvgIpc) is 2.45. The highest BCUT2D eigenvalue weighted by Crippen LogP contribution is 2.39. The van der Waals surface area contributed by atoms with E-state index in [0.717, 1.165) is 22.6 Å². The molecule has 0 saturated carbocycles. The van der Waals surface area contributed by atoms with Gasteiger partial charge in [-0.05, 0) is 37.0 Å². The molecule has 1 aliphatic rings. The van der Waals surface area contributed by atoms with Crippen LogP contribution >= 0.6 is 0 Å². The summed E-state index contributed by atoms with van der Waals surface area (Å²) in [7, 11) is 1.35. The number of fused-ring (bicyclic) bond motifs is 1. The molecule has 1 amide bonds. The van der Waals surface area contributed by atoms with Gasteiger partial charge in [0.05, 0.1) is 19.2 Å². The van der Waals surface area contributed by atoms with Gasteiger partial charge in [0.1, 0.15) is 5.75 Å². The highest BCUT2D eigenvalue weighted by Gasteiger charge is 2.37. The van der Waals surface area contributed by atoms with Crippen molar-refractivity contribution >= 4 is 17.6 Å². The molecule has 1 unspecified atom stereocenters. The molecule has 1 heterocycles. The number of amides is 1. The van der Waals surface area contributed by atoms with Gasteiger partial charge < -0.3 is 14.4 Å². The second-order valence-corrected chi connectivity index (χ2v) is 6.03. The highest BCUT2D eigenvalue weighted by molar-refractivity contribution is 6.01. The summed E-state index contributed by atoms with van der Waals surface area (Å²) in [5, 5.41) is 0. The van der Waals surface area contributed by atoms with Crippen LogP contribution in [0.1, 0.15) is 31.4 Å². The van der Waals surface area contributed by atoms with E-state index in [1.54, 1.807) is 4.90 Å². The van der Waals surface area contributed by atoms with Crippen LogP contribution in [0.15, 0.2) is 12.1 Å². The van der Waals surface area contributed by atoms with E-state index in [-0.39, 0.29) is 24.2 Å². The van der Waals surface area contributed by atoms with Crippen molar-refractivity contribution in [2.45, 2.75) is 40.2 Å². The summed E-state index contributed by atoms with van der Waals surface area (Å²) in [6.07, 6.45) is -0.356. The van der Waals surface area contributed by atoms with Crippen LogP contribution in [0.3, 0.4) is 0 Å². The molecule has 0 radical (unpaired) electrons. The molecule has 0 bridgehead atoms. The summed E-state index contributed by atoms with van der Waals surface area (Å²) < 4.78 is 10.6. The van der Waals surface area contributed by atoms with Crippen molar-refractivity contribution in [3.8, 4) is 5.75 Å². The average molecular weight is 305 g/mol. The van der Waals surface area contributed by atoms with Gasteiger partial charge in [-0.25, -0.2) is 0 Å². The fourth-order valence-electron chi connectivity index (χ4n) is 2.69. The number of hydrogen-bond acceptors (Lipinski definition) is 4. The highest BCUT2D eigenvalue weighted by atomic mass is 16.5. The van der Waals surface area contributed by atoms with Gasteiger partial charge in [-0.3, -0.25) is 9.59 Å². The molecule has 1 aromatic carbocycles. The van der Waals surface area contributed by atoms with Gasteiger partial charge in [0, 0.05) is 6.54 Å². The van der Waals surface area contributed by atoms with Gasteiger partial charge in [-0.1, -0.05) is 19.9 Å². The van der Waals surface area contributed by atoms with Gasteiger partial charge in [-0.15, -0.1) is 0 Å². The summed E-state index contributed by atoms with van der Waals surface area (Å²) in [5.41, 5.74) is 2.79. The van der Waals surface area contributed by atoms with E-state index in [2.05, 4.69) is 4.74 Å². The van der Waals surface area contributed by atoms with Crippen LogP contribution in [-0.2, 0) is 14.3 Å². The fraction of sp³-hybridized carbons (Fsp3) is 0.529. The quantitative estimate of drug-likeness (QED) is 0.802. The number of hydrogen-bond donors (Lipinski definition) is 0. The van der Waals surface area contributed by atoms with E-state index in [4.69, 9.17) is 4.74 Å². The van der Waals surface area contributed by atoms with E-state index in [1.165, 1.54) is 7.11 Å². The second kappa shape index (κ2) is 6.38. The topological polar surface area (TPSA) is 55.8 Å². The number of carbonyl (C=O) groups excluding carboxylic acids is 2. The standard InChI is InChI=1S/C17H23NO4/c1-10(2)15-17(20)18(7-6-14(19)21-5)13-9-11(3)8-12(4)16(13)22-15/h8-10,15H,6-7H2,1-5H3. The van der Waals surface area contributed by atoms with Gasteiger partial charge in [-0.2, -0.15) is 0 Å². The third kappa shape index (κ3) is 3.08. The number of carbonyl (C=O) groups is 2. The summed E-state index contributed by atoms with van der Waals surface area (Å²) in [4.78, 5) is 25.8. The molecule has 1 aromatic rings. The van der Waals surface area contributed by atoms with Crippen LogP contribution in [-0.4, -0.2) is 31.6 Å². The van der Waals surface area contributed by atoms with E-state index < -0.39 is 6.10 Å². The molecule has 0 N–H and O–H groups in total. The molecule has 5 heteroatoms. The minimum absolute atomic E-state index is 0.0574. The van der Waals surface area contributed by atoms with Crippen molar-refractivity contribution < 1.29 is 19.1 Å². The van der Waals surface area contributed by atoms with Crippen LogP contribution < -0.4 is 9.64 Å². The largest absolute Gasteiger partial charge is 0.478 e. The lowest BCUT2D eigenvalue weighted by molar-refractivity contribution is -0.140. The zero-order valence-electron chi connectivity index (χ0n) is 13.8. The Morgan fingerprint density at radius 2 is 2.05 bits per heavy atom. The minimum Gasteiger partial charge on any atom is -0.478 e. The van der Waals surface area contributed by atoms with Crippen LogP contribution in [0, 0.1) is 19.8 Å². The Hall–Kier alpha value is -2.04. The summed E-state index contributed by atoms with van der Waals surface area (Å²) in [6, 6.07) is 3.96. The van der Waals surface area contributed by atoms with Crippen molar-refractivity contribution in [1.29, 1.82) is 0 Å². The lowest BCUT2D eigenvalue weighted by atomic mass is 10.0. The summed E-state index contributed by atoms with van der Waals surface area (Å²) in [6.45, 7) is 8.15. The van der Waals surface area contributed by atoms with E-state index in [9.17, 15) is 9.59 Å². The summed E-state index contributed by atoms with van der Waals surface area (Å²) >= 11 is 0. The van der Waals surface area contributed by atoms with Crippen LogP contribution in [0.5, 0.6) is 5.75 Å². The third-order valence-electron chi connectivity index (χ3n) is 3.82. The van der Waals surface area contributed by atoms with E-state index >= 15 is 0 Å². The number of esters is 1. The Morgan fingerprint density at radius 3 is 2.64 bits per heavy atom. The van der Waals surface area contributed by atoms with Gasteiger partial charge >= 0.3 is 5.97 Å². The number of nitrogens with zero attached hydrogens (tertiary/aromatic N) is 1. The Bertz CT molecular complexity index is 595. The molecule has 0 spiro atoms. The predicted octanol–water partition coefficient (Wildman–Crippen LogP) is 2.62. The molecule has 0 aliphatic carbocycles.